The number of ether oxygens (including phenoxy) is 1. The van der Waals surface area contributed by atoms with Gasteiger partial charge in [0.05, 0.1) is 6.61 Å². The van der Waals surface area contributed by atoms with Crippen molar-refractivity contribution < 1.29 is 29.4 Å². The molecule has 53 heavy (non-hydrogen) atoms. The molecule has 1 aliphatic carbocycles. The highest BCUT2D eigenvalue weighted by atomic mass is 31.1. The highest BCUT2D eigenvalue weighted by Crippen LogP contribution is 2.16. The van der Waals surface area contributed by atoms with Crippen molar-refractivity contribution in [3.05, 3.63) is 0 Å². The van der Waals surface area contributed by atoms with Gasteiger partial charge in [0, 0.05) is 28.4 Å². The molecule has 322 valence electrons. The smallest absolute Gasteiger partial charge is 0.290 e. The molecule has 5 N–H and O–H groups in total. The minimum absolute atomic E-state index is 0.0833. The van der Waals surface area contributed by atoms with Gasteiger partial charge in [-0.1, -0.05) is 226 Å². The lowest BCUT2D eigenvalue weighted by molar-refractivity contribution is -0.124. The summed E-state index contributed by atoms with van der Waals surface area (Å²) in [5.41, 5.74) is 5.31. The fourth-order valence-corrected chi connectivity index (χ4v) is 5.87. The van der Waals surface area contributed by atoms with Crippen LogP contribution in [-0.4, -0.2) is 60.4 Å². The van der Waals surface area contributed by atoms with E-state index in [1.165, 1.54) is 212 Å². The number of unbranched alkanes of at least 4 members (excludes halogenated alkanes) is 30. The Morgan fingerprint density at radius 1 is 0.566 bits per heavy atom. The van der Waals surface area contributed by atoms with E-state index in [0.717, 1.165) is 12.8 Å². The van der Waals surface area contributed by atoms with Gasteiger partial charge in [-0.25, -0.2) is 0 Å². The molecule has 0 spiro atoms. The fourth-order valence-electron chi connectivity index (χ4n) is 5.87. The molecule has 1 rings (SSSR count). The second kappa shape index (κ2) is 63.4. The van der Waals surface area contributed by atoms with E-state index in [9.17, 15) is 4.79 Å². The molecule has 1 saturated carbocycles. The van der Waals surface area contributed by atoms with Gasteiger partial charge in [0.2, 0.25) is 0 Å². The molecular formula is C45H96NO6P. The Hall–Kier alpha value is -0.590. The third-order valence-electron chi connectivity index (χ3n) is 9.20. The maximum Gasteiger partial charge on any atom is 0.290 e. The van der Waals surface area contributed by atoms with Crippen LogP contribution in [0.4, 0.5) is 0 Å². The van der Waals surface area contributed by atoms with Gasteiger partial charge in [-0.15, -0.1) is 0 Å². The van der Waals surface area contributed by atoms with Gasteiger partial charge in [0.1, 0.15) is 6.61 Å². The van der Waals surface area contributed by atoms with Gasteiger partial charge in [-0.05, 0) is 19.5 Å². The minimum atomic E-state index is -0.250. The number of nitrogens with two attached hydrogens (primary N) is 1. The highest BCUT2D eigenvalue weighted by Gasteiger charge is 2.02. The molecule has 0 aromatic heterocycles. The lowest BCUT2D eigenvalue weighted by Gasteiger charge is -2.04. The molecule has 0 radical (unpaired) electrons. The molecular weight excluding hydrogens is 681 g/mol. The molecule has 0 aromatic rings. The number of aliphatic hydroxyl groups is 1. The van der Waals surface area contributed by atoms with E-state index < -0.39 is 0 Å². The Balaban J connectivity index is -0.000000370. The van der Waals surface area contributed by atoms with E-state index in [1.807, 2.05) is 0 Å². The van der Waals surface area contributed by atoms with E-state index in [-0.39, 0.29) is 27.7 Å². The zero-order chi connectivity index (χ0) is 40.0. The summed E-state index contributed by atoms with van der Waals surface area (Å²) in [5.74, 6) is 0.221. The number of aliphatic hydroxyl groups excluding tert-OH is 1. The van der Waals surface area contributed by atoms with E-state index in [2.05, 4.69) is 13.8 Å². The SMILES string of the molecule is C1CC1.CCCCCCCCCCCCCCCCCC(=O)COCCN.CCCCCCCCCCCCCCCCCCCO.CPO.O=CO. The number of carboxylic acid groups (broad SMARTS) is 1. The van der Waals surface area contributed by atoms with Crippen LogP contribution in [0.2, 0.25) is 0 Å². The summed E-state index contributed by atoms with van der Waals surface area (Å²) in [6.07, 6.45) is 49.2. The first-order chi connectivity index (χ1) is 26.1. The first-order valence-electron chi connectivity index (χ1n) is 22.8. The maximum absolute atomic E-state index is 11.5. The van der Waals surface area contributed by atoms with Crippen LogP contribution in [0.25, 0.3) is 0 Å². The van der Waals surface area contributed by atoms with Gasteiger partial charge >= 0.3 is 0 Å². The fraction of sp³-hybridized carbons (Fsp3) is 0.956. The van der Waals surface area contributed by atoms with Crippen LogP contribution in [0.15, 0.2) is 0 Å². The summed E-state index contributed by atoms with van der Waals surface area (Å²) in [7, 11) is 0.0833. The van der Waals surface area contributed by atoms with Crippen LogP contribution in [0.5, 0.6) is 0 Å². The van der Waals surface area contributed by atoms with Crippen molar-refractivity contribution in [2.24, 2.45) is 5.73 Å². The van der Waals surface area contributed by atoms with Crippen LogP contribution in [-0.2, 0) is 14.3 Å². The second-order valence-corrected chi connectivity index (χ2v) is 15.3. The average molecular weight is 778 g/mol. The zero-order valence-corrected chi connectivity index (χ0v) is 37.0. The summed E-state index contributed by atoms with van der Waals surface area (Å²) in [5, 5.41) is 15.6. The predicted molar refractivity (Wildman–Crippen MR) is 235 cm³/mol. The van der Waals surface area contributed by atoms with E-state index >= 15 is 0 Å². The lowest BCUT2D eigenvalue weighted by Crippen LogP contribution is -2.14. The van der Waals surface area contributed by atoms with Gasteiger partial charge in [-0.2, -0.15) is 0 Å². The number of hydrogen-bond acceptors (Lipinski definition) is 6. The van der Waals surface area contributed by atoms with Crippen LogP contribution in [0.3, 0.4) is 0 Å². The quantitative estimate of drug-likeness (QED) is 0.0281. The maximum atomic E-state index is 11.5. The average Bonchev–Trinajstić information content (AvgIpc) is 4.05. The van der Waals surface area contributed by atoms with Gasteiger partial charge < -0.3 is 25.6 Å². The monoisotopic (exact) mass is 778 g/mol. The lowest BCUT2D eigenvalue weighted by atomic mass is 10.0. The number of ketones is 1. The van der Waals surface area contributed by atoms with Crippen molar-refractivity contribution in [2.75, 3.05) is 33.0 Å². The molecule has 0 heterocycles. The molecule has 0 saturated heterocycles. The van der Waals surface area contributed by atoms with E-state index in [4.69, 9.17) is 30.4 Å². The van der Waals surface area contributed by atoms with Crippen LogP contribution in [0.1, 0.15) is 245 Å². The van der Waals surface area contributed by atoms with E-state index in [0.29, 0.717) is 26.2 Å². The summed E-state index contributed by atoms with van der Waals surface area (Å²) in [6.45, 7) is 7.62. The molecule has 8 heteroatoms. The highest BCUT2D eigenvalue weighted by molar-refractivity contribution is 7.29. The van der Waals surface area contributed by atoms with Crippen LogP contribution < -0.4 is 5.73 Å². The van der Waals surface area contributed by atoms with Crippen molar-refractivity contribution in [2.45, 2.75) is 245 Å². The Bertz CT molecular complexity index is 591. The Morgan fingerprint density at radius 2 is 0.811 bits per heavy atom. The molecule has 1 aliphatic rings. The number of hydrogen-bond donors (Lipinski definition) is 4. The largest absolute Gasteiger partial charge is 0.483 e. The summed E-state index contributed by atoms with van der Waals surface area (Å²) in [4.78, 5) is 27.4. The number of carbonyl (C=O) groups is 2. The first-order valence-corrected chi connectivity index (χ1v) is 24.3. The molecule has 0 bridgehead atoms. The van der Waals surface area contributed by atoms with Crippen molar-refractivity contribution in [3.8, 4) is 0 Å². The summed E-state index contributed by atoms with van der Waals surface area (Å²) >= 11 is 0. The van der Waals surface area contributed by atoms with E-state index in [1.54, 1.807) is 6.66 Å². The van der Waals surface area contributed by atoms with Crippen molar-refractivity contribution in [1.82, 2.24) is 0 Å². The molecule has 1 fully saturated rings. The van der Waals surface area contributed by atoms with Crippen molar-refractivity contribution >= 4 is 21.1 Å². The Morgan fingerprint density at radius 3 is 1.04 bits per heavy atom. The van der Waals surface area contributed by atoms with Crippen LogP contribution >= 0.6 is 8.81 Å². The molecule has 7 nitrogen and oxygen atoms in total. The molecule has 1 atom stereocenters. The molecule has 0 aromatic carbocycles. The molecule has 0 aliphatic heterocycles. The normalized spacial score (nSPS) is 11.4. The standard InChI is InChI=1S/C21H43NO2.C19H40O.C3H6.CH2O2.CH5OP/c1-2-3-4-5-6-7-8-9-10-11-12-13-14-15-16-17-21(23)20-24-19-18-22;1-2-3-4-5-6-7-8-9-10-11-12-13-14-15-16-17-18-19-20;1-2-3-1;2-1-3;1-3-2/h2-20,22H2,1H3;20H,2-19H2,1H3;1-3H2;1H,(H,2,3);2-3H,1H3. The van der Waals surface area contributed by atoms with Crippen molar-refractivity contribution in [1.29, 1.82) is 0 Å². The number of carbonyl (C=O) groups excluding carboxylic acids is 1. The Labute approximate surface area is 333 Å². The molecule has 0 amide bonds. The number of rotatable bonds is 37. The van der Waals surface area contributed by atoms with Gasteiger partial charge in [0.25, 0.3) is 6.47 Å². The van der Waals surface area contributed by atoms with Crippen molar-refractivity contribution in [3.63, 3.8) is 0 Å². The summed E-state index contributed by atoms with van der Waals surface area (Å²) < 4.78 is 5.14. The minimum Gasteiger partial charge on any atom is -0.483 e. The van der Waals surface area contributed by atoms with Crippen LogP contribution in [0, 0.1) is 0 Å². The second-order valence-electron chi connectivity index (χ2n) is 14.8. The van der Waals surface area contributed by atoms with Gasteiger partial charge in [0.15, 0.2) is 5.78 Å². The summed E-state index contributed by atoms with van der Waals surface area (Å²) in [6, 6.07) is 0. The van der Waals surface area contributed by atoms with Gasteiger partial charge in [-0.3, -0.25) is 9.59 Å². The first kappa shape index (κ1) is 59.1. The topological polar surface area (TPSA) is 130 Å². The third-order valence-corrected chi connectivity index (χ3v) is 9.20. The Kier molecular flexibility index (Phi) is 70.7. The zero-order valence-electron chi connectivity index (χ0n) is 36.0. The number of Topliss-reactive ketones (excluding diaryl/α,β-unsaturated/α-hetero) is 1. The molecule has 1 unspecified atom stereocenters. The third kappa shape index (κ3) is 80.8. The predicted octanol–water partition coefficient (Wildman–Crippen LogP) is 13.5.